The van der Waals surface area contributed by atoms with Crippen molar-refractivity contribution in [1.82, 2.24) is 4.98 Å². The number of aromatic amines is 1. The van der Waals surface area contributed by atoms with Crippen molar-refractivity contribution in [1.29, 1.82) is 0 Å². The number of ether oxygens (including phenoxy) is 1. The Labute approximate surface area is 87.7 Å². The average Bonchev–Trinajstić information content (AvgIpc) is 2.70. The summed E-state index contributed by atoms with van der Waals surface area (Å²) in [7, 11) is 1.62. The third-order valence-electron chi connectivity index (χ3n) is 2.50. The van der Waals surface area contributed by atoms with Gasteiger partial charge >= 0.3 is 0 Å². The predicted molar refractivity (Wildman–Crippen MR) is 58.9 cm³/mol. The smallest absolute Gasteiger partial charge is 0.119 e. The zero-order valence-electron chi connectivity index (χ0n) is 8.53. The van der Waals surface area contributed by atoms with Crippen LogP contribution < -0.4 is 10.5 Å². The second kappa shape index (κ2) is 3.92. The van der Waals surface area contributed by atoms with Crippen LogP contribution in [0.4, 0.5) is 0 Å². The van der Waals surface area contributed by atoms with Crippen molar-refractivity contribution in [3.8, 4) is 5.75 Å². The fourth-order valence-corrected chi connectivity index (χ4v) is 1.65. The molecule has 4 heteroatoms. The molecule has 0 spiro atoms. The van der Waals surface area contributed by atoms with Crippen molar-refractivity contribution in [2.75, 3.05) is 13.7 Å². The molecule has 15 heavy (non-hydrogen) atoms. The molecule has 2 aromatic rings. The molecule has 1 heterocycles. The number of benzene rings is 1. The highest BCUT2D eigenvalue weighted by Crippen LogP contribution is 2.27. The molecule has 80 valence electrons. The van der Waals surface area contributed by atoms with Crippen LogP contribution in [0.3, 0.4) is 0 Å². The minimum atomic E-state index is -0.633. The first-order chi connectivity index (χ1) is 7.26. The van der Waals surface area contributed by atoms with Crippen LogP contribution in [0.1, 0.15) is 11.7 Å². The van der Waals surface area contributed by atoms with E-state index in [4.69, 9.17) is 10.5 Å². The second-order valence-corrected chi connectivity index (χ2v) is 3.41. The van der Waals surface area contributed by atoms with E-state index in [0.717, 1.165) is 22.2 Å². The minimum absolute atomic E-state index is 0.212. The Morgan fingerprint density at radius 3 is 3.00 bits per heavy atom. The normalized spacial score (nSPS) is 13.0. The Morgan fingerprint density at radius 1 is 1.53 bits per heavy atom. The highest BCUT2D eigenvalue weighted by Gasteiger charge is 2.11. The number of fused-ring (bicyclic) bond motifs is 1. The van der Waals surface area contributed by atoms with Gasteiger partial charge in [-0.1, -0.05) is 0 Å². The molecular formula is C11H14N2O2. The molecular weight excluding hydrogens is 192 g/mol. The summed E-state index contributed by atoms with van der Waals surface area (Å²) >= 11 is 0. The van der Waals surface area contributed by atoms with Crippen molar-refractivity contribution >= 4 is 10.9 Å². The van der Waals surface area contributed by atoms with E-state index in [9.17, 15) is 5.11 Å². The first kappa shape index (κ1) is 10.0. The van der Waals surface area contributed by atoms with Crippen LogP contribution in [-0.4, -0.2) is 23.7 Å². The third-order valence-corrected chi connectivity index (χ3v) is 2.50. The molecule has 1 atom stereocenters. The molecule has 0 aliphatic heterocycles. The molecule has 0 bridgehead atoms. The Hall–Kier alpha value is -1.52. The number of aliphatic hydroxyl groups excluding tert-OH is 1. The van der Waals surface area contributed by atoms with Gasteiger partial charge in [-0.3, -0.25) is 0 Å². The maximum absolute atomic E-state index is 9.69. The Kier molecular flexibility index (Phi) is 2.62. The van der Waals surface area contributed by atoms with Crippen LogP contribution in [0.25, 0.3) is 10.9 Å². The lowest BCUT2D eigenvalue weighted by Gasteiger charge is -2.06. The lowest BCUT2D eigenvalue weighted by Crippen LogP contribution is -2.10. The number of hydrogen-bond donors (Lipinski definition) is 3. The first-order valence-corrected chi connectivity index (χ1v) is 4.79. The SMILES string of the molecule is COc1ccc2[nH]cc(C(O)CN)c2c1. The molecule has 0 saturated heterocycles. The quantitative estimate of drug-likeness (QED) is 0.706. The van der Waals surface area contributed by atoms with E-state index in [0.29, 0.717) is 0 Å². The van der Waals surface area contributed by atoms with Crippen LogP contribution in [0.2, 0.25) is 0 Å². The lowest BCUT2D eigenvalue weighted by atomic mass is 10.1. The van der Waals surface area contributed by atoms with Crippen LogP contribution in [-0.2, 0) is 0 Å². The summed E-state index contributed by atoms with van der Waals surface area (Å²) in [6.07, 6.45) is 1.15. The van der Waals surface area contributed by atoms with Gasteiger partial charge in [-0.2, -0.15) is 0 Å². The molecule has 0 amide bonds. The molecule has 2 rings (SSSR count). The number of H-pyrrole nitrogens is 1. The van der Waals surface area contributed by atoms with Gasteiger partial charge in [-0.05, 0) is 18.2 Å². The van der Waals surface area contributed by atoms with Crippen molar-refractivity contribution < 1.29 is 9.84 Å². The molecule has 0 radical (unpaired) electrons. The standard InChI is InChI=1S/C11H14N2O2/c1-15-7-2-3-10-8(4-7)9(6-13-10)11(14)5-12/h2-4,6,11,13-14H,5,12H2,1H3. The average molecular weight is 206 g/mol. The minimum Gasteiger partial charge on any atom is -0.497 e. The van der Waals surface area contributed by atoms with Crippen molar-refractivity contribution in [2.24, 2.45) is 5.73 Å². The zero-order valence-corrected chi connectivity index (χ0v) is 8.53. The van der Waals surface area contributed by atoms with Gasteiger partial charge in [0.2, 0.25) is 0 Å². The van der Waals surface area contributed by atoms with Crippen molar-refractivity contribution in [3.05, 3.63) is 30.0 Å². The van der Waals surface area contributed by atoms with Gasteiger partial charge in [-0.15, -0.1) is 0 Å². The highest BCUT2D eigenvalue weighted by atomic mass is 16.5. The van der Waals surface area contributed by atoms with E-state index in [1.165, 1.54) is 0 Å². The maximum atomic E-state index is 9.69. The van der Waals surface area contributed by atoms with E-state index >= 15 is 0 Å². The van der Waals surface area contributed by atoms with Gasteiger partial charge < -0.3 is 20.6 Å². The second-order valence-electron chi connectivity index (χ2n) is 3.41. The van der Waals surface area contributed by atoms with Gasteiger partial charge in [0.05, 0.1) is 13.2 Å². The van der Waals surface area contributed by atoms with Crippen LogP contribution in [0, 0.1) is 0 Å². The van der Waals surface area contributed by atoms with E-state index in [1.54, 1.807) is 13.3 Å². The number of methoxy groups -OCH3 is 1. The van der Waals surface area contributed by atoms with E-state index < -0.39 is 6.10 Å². The summed E-state index contributed by atoms with van der Waals surface area (Å²) in [6.45, 7) is 0.212. The number of aliphatic hydroxyl groups is 1. The predicted octanol–water partition coefficient (Wildman–Crippen LogP) is 1.17. The van der Waals surface area contributed by atoms with Gasteiger partial charge in [0.25, 0.3) is 0 Å². The summed E-state index contributed by atoms with van der Waals surface area (Å²) in [4.78, 5) is 3.08. The molecule has 0 fully saturated rings. The van der Waals surface area contributed by atoms with E-state index in [-0.39, 0.29) is 6.54 Å². The van der Waals surface area contributed by atoms with Gasteiger partial charge in [0.15, 0.2) is 0 Å². The Bertz CT molecular complexity index is 465. The first-order valence-electron chi connectivity index (χ1n) is 4.79. The number of rotatable bonds is 3. The van der Waals surface area contributed by atoms with E-state index in [2.05, 4.69) is 4.98 Å². The fourth-order valence-electron chi connectivity index (χ4n) is 1.65. The molecule has 4 N–H and O–H groups in total. The summed E-state index contributed by atoms with van der Waals surface area (Å²) in [5.74, 6) is 0.771. The maximum Gasteiger partial charge on any atom is 0.119 e. The summed E-state index contributed by atoms with van der Waals surface area (Å²) < 4.78 is 5.13. The van der Waals surface area contributed by atoms with E-state index in [1.807, 2.05) is 18.2 Å². The fraction of sp³-hybridized carbons (Fsp3) is 0.273. The summed E-state index contributed by atoms with van der Waals surface area (Å²) in [5.41, 5.74) is 7.21. The topological polar surface area (TPSA) is 71.3 Å². The monoisotopic (exact) mass is 206 g/mol. The Balaban J connectivity index is 2.56. The van der Waals surface area contributed by atoms with Gasteiger partial charge in [0.1, 0.15) is 5.75 Å². The molecule has 1 aromatic carbocycles. The van der Waals surface area contributed by atoms with Gasteiger partial charge in [0, 0.05) is 29.2 Å². The lowest BCUT2D eigenvalue weighted by molar-refractivity contribution is 0.188. The van der Waals surface area contributed by atoms with Crippen LogP contribution in [0.15, 0.2) is 24.4 Å². The largest absolute Gasteiger partial charge is 0.497 e. The number of nitrogens with one attached hydrogen (secondary N) is 1. The summed E-state index contributed by atoms with van der Waals surface area (Å²) in [6, 6.07) is 5.68. The summed E-state index contributed by atoms with van der Waals surface area (Å²) in [5, 5.41) is 10.6. The molecule has 1 unspecified atom stereocenters. The molecule has 4 nitrogen and oxygen atoms in total. The number of hydrogen-bond acceptors (Lipinski definition) is 3. The van der Waals surface area contributed by atoms with Crippen LogP contribution in [0.5, 0.6) is 5.75 Å². The zero-order chi connectivity index (χ0) is 10.8. The molecule has 1 aromatic heterocycles. The number of aromatic nitrogens is 1. The van der Waals surface area contributed by atoms with Crippen molar-refractivity contribution in [3.63, 3.8) is 0 Å². The molecule has 0 aliphatic carbocycles. The molecule has 0 aliphatic rings. The number of nitrogens with two attached hydrogens (primary N) is 1. The van der Waals surface area contributed by atoms with Gasteiger partial charge in [-0.25, -0.2) is 0 Å². The molecule has 0 saturated carbocycles. The van der Waals surface area contributed by atoms with Crippen LogP contribution >= 0.6 is 0 Å². The van der Waals surface area contributed by atoms with Crippen molar-refractivity contribution in [2.45, 2.75) is 6.10 Å². The third kappa shape index (κ3) is 1.69. The highest BCUT2D eigenvalue weighted by molar-refractivity contribution is 5.85. The Morgan fingerprint density at radius 2 is 2.33 bits per heavy atom.